The summed E-state index contributed by atoms with van der Waals surface area (Å²) in [7, 11) is 1.53. The van der Waals surface area contributed by atoms with E-state index >= 15 is 0 Å². The zero-order valence-electron chi connectivity index (χ0n) is 15.9. The van der Waals surface area contributed by atoms with E-state index in [4.69, 9.17) is 9.15 Å². The predicted octanol–water partition coefficient (Wildman–Crippen LogP) is 2.75. The Balaban J connectivity index is 1.61. The zero-order chi connectivity index (χ0) is 20.0. The third-order valence-corrected chi connectivity index (χ3v) is 5.19. The van der Waals surface area contributed by atoms with Crippen LogP contribution in [0.1, 0.15) is 50.9 Å². The Hall–Kier alpha value is -3.22. The highest BCUT2D eigenvalue weighted by atomic mass is 16.5. The molecule has 1 atom stereocenters. The van der Waals surface area contributed by atoms with E-state index < -0.39 is 17.6 Å². The van der Waals surface area contributed by atoms with Crippen molar-refractivity contribution in [3.05, 3.63) is 62.9 Å². The summed E-state index contributed by atoms with van der Waals surface area (Å²) in [4.78, 5) is 41.9. The number of carbonyl (C=O) groups is 2. The molecule has 0 amide bonds. The number of aromatic nitrogens is 2. The number of aryl methyl sites for hydroxylation is 4. The number of ketones is 1. The minimum absolute atomic E-state index is 0.0114. The van der Waals surface area contributed by atoms with Crippen molar-refractivity contribution in [2.24, 2.45) is 7.05 Å². The van der Waals surface area contributed by atoms with Crippen molar-refractivity contribution in [2.45, 2.75) is 39.2 Å². The molecule has 0 bridgehead atoms. The van der Waals surface area contributed by atoms with Gasteiger partial charge in [0.05, 0.1) is 0 Å². The lowest BCUT2D eigenvalue weighted by atomic mass is 10.0. The molecule has 0 saturated carbocycles. The first-order valence-electron chi connectivity index (χ1n) is 9.18. The maximum absolute atomic E-state index is 12.7. The quantitative estimate of drug-likeness (QED) is 0.511. The summed E-state index contributed by atoms with van der Waals surface area (Å²) >= 11 is 0. The van der Waals surface area contributed by atoms with E-state index in [0.717, 1.165) is 19.3 Å². The Kier molecular flexibility index (Phi) is 4.37. The largest absolute Gasteiger partial charge is 0.451 e. The molecule has 0 aliphatic heterocycles. The van der Waals surface area contributed by atoms with Gasteiger partial charge in [-0.15, -0.1) is 0 Å². The normalized spacial score (nSPS) is 14.1. The van der Waals surface area contributed by atoms with Gasteiger partial charge in [-0.3, -0.25) is 9.59 Å². The van der Waals surface area contributed by atoms with Crippen molar-refractivity contribution >= 4 is 22.9 Å². The van der Waals surface area contributed by atoms with Gasteiger partial charge in [0.2, 0.25) is 11.5 Å². The van der Waals surface area contributed by atoms with Gasteiger partial charge < -0.3 is 13.7 Å². The molecule has 0 fully saturated rings. The zero-order valence-corrected chi connectivity index (χ0v) is 15.9. The van der Waals surface area contributed by atoms with E-state index in [1.807, 2.05) is 12.1 Å². The van der Waals surface area contributed by atoms with Gasteiger partial charge in [-0.2, -0.15) is 0 Å². The van der Waals surface area contributed by atoms with Crippen LogP contribution in [0, 0.1) is 6.92 Å². The van der Waals surface area contributed by atoms with Crippen LogP contribution in [0.5, 0.6) is 0 Å². The molecule has 0 spiro atoms. The third-order valence-electron chi connectivity index (χ3n) is 5.19. The number of hydrogen-bond acceptors (Lipinski definition) is 6. The predicted molar refractivity (Wildman–Crippen MR) is 102 cm³/mol. The molecule has 4 rings (SSSR count). The first kappa shape index (κ1) is 18.2. The maximum Gasteiger partial charge on any atom is 0.343 e. The Bertz CT molecular complexity index is 1170. The summed E-state index contributed by atoms with van der Waals surface area (Å²) in [6.07, 6.45) is 3.42. The first-order chi connectivity index (χ1) is 13.4. The molecule has 2 heterocycles. The molecule has 1 aliphatic rings. The van der Waals surface area contributed by atoms with Crippen molar-refractivity contribution in [2.75, 3.05) is 0 Å². The number of furan rings is 1. The summed E-state index contributed by atoms with van der Waals surface area (Å²) in [5.41, 5.74) is 2.64. The van der Waals surface area contributed by atoms with E-state index in [1.165, 1.54) is 36.0 Å². The number of Topliss-reactive ketones (excluding diaryl/α,β-unsaturated/α-hetero) is 1. The van der Waals surface area contributed by atoms with Gasteiger partial charge in [0.25, 0.3) is 5.56 Å². The molecule has 2 aromatic heterocycles. The van der Waals surface area contributed by atoms with Crippen LogP contribution in [0.15, 0.2) is 33.7 Å². The number of fused-ring (bicyclic) bond motifs is 2. The number of hydrogen-bond donors (Lipinski definition) is 0. The van der Waals surface area contributed by atoms with Gasteiger partial charge in [-0.1, -0.05) is 12.1 Å². The molecule has 1 aliphatic carbocycles. The average Bonchev–Trinajstić information content (AvgIpc) is 3.27. The van der Waals surface area contributed by atoms with Gasteiger partial charge in [0, 0.05) is 12.6 Å². The number of ether oxygens (including phenoxy) is 1. The second-order valence-electron chi connectivity index (χ2n) is 7.12. The van der Waals surface area contributed by atoms with E-state index in [9.17, 15) is 14.4 Å². The molecule has 7 nitrogen and oxygen atoms in total. The van der Waals surface area contributed by atoms with Crippen LogP contribution >= 0.6 is 0 Å². The monoisotopic (exact) mass is 380 g/mol. The molecule has 0 saturated heterocycles. The molecule has 1 aromatic carbocycles. The number of carbonyl (C=O) groups excluding carboxylic acids is 2. The second kappa shape index (κ2) is 6.74. The number of esters is 1. The van der Waals surface area contributed by atoms with Crippen LogP contribution in [0.3, 0.4) is 0 Å². The molecule has 0 radical (unpaired) electrons. The van der Waals surface area contributed by atoms with Crippen molar-refractivity contribution in [1.82, 2.24) is 9.55 Å². The SMILES string of the molecule is Cc1oc2ncn(C)c(=O)c2c1C(=O)OC(C)C(=O)c1ccc2c(c1)CCC2. The molecule has 0 N–H and O–H groups in total. The lowest BCUT2D eigenvalue weighted by molar-refractivity contribution is 0.0318. The van der Waals surface area contributed by atoms with E-state index in [-0.39, 0.29) is 28.2 Å². The van der Waals surface area contributed by atoms with Crippen LogP contribution in [-0.4, -0.2) is 27.4 Å². The van der Waals surface area contributed by atoms with Gasteiger partial charge in [0.15, 0.2) is 6.10 Å². The minimum atomic E-state index is -0.989. The van der Waals surface area contributed by atoms with Crippen LogP contribution < -0.4 is 5.56 Å². The molecular formula is C21H20N2O5. The van der Waals surface area contributed by atoms with E-state index in [0.29, 0.717) is 5.56 Å². The lowest BCUT2D eigenvalue weighted by Gasteiger charge is -2.13. The highest BCUT2D eigenvalue weighted by Gasteiger charge is 2.27. The van der Waals surface area contributed by atoms with Crippen LogP contribution in [0.2, 0.25) is 0 Å². The standard InChI is InChI=1S/C21H20N2O5/c1-11-16(17-19(27-11)22-10-23(3)20(17)25)21(26)28-12(2)18(24)15-8-7-13-5-4-6-14(13)9-15/h7-10,12H,4-6H2,1-3H3. The van der Waals surface area contributed by atoms with Crippen molar-refractivity contribution in [1.29, 1.82) is 0 Å². The fraction of sp³-hybridized carbons (Fsp3) is 0.333. The highest BCUT2D eigenvalue weighted by molar-refractivity contribution is 6.06. The van der Waals surface area contributed by atoms with E-state index in [2.05, 4.69) is 4.98 Å². The number of nitrogens with zero attached hydrogens (tertiary/aromatic N) is 2. The molecule has 144 valence electrons. The Morgan fingerprint density at radius 3 is 2.79 bits per heavy atom. The fourth-order valence-corrected chi connectivity index (χ4v) is 3.67. The lowest BCUT2D eigenvalue weighted by Crippen LogP contribution is -2.26. The smallest absolute Gasteiger partial charge is 0.343 e. The van der Waals surface area contributed by atoms with Gasteiger partial charge in [-0.05, 0) is 50.3 Å². The number of rotatable bonds is 4. The Morgan fingerprint density at radius 1 is 1.25 bits per heavy atom. The summed E-state index contributed by atoms with van der Waals surface area (Å²) in [6.45, 7) is 3.09. The summed E-state index contributed by atoms with van der Waals surface area (Å²) < 4.78 is 12.1. The second-order valence-corrected chi connectivity index (χ2v) is 7.12. The van der Waals surface area contributed by atoms with Crippen molar-refractivity contribution in [3.8, 4) is 0 Å². The highest BCUT2D eigenvalue weighted by Crippen LogP contribution is 2.25. The van der Waals surface area contributed by atoms with Gasteiger partial charge in [-0.25, -0.2) is 9.78 Å². The summed E-state index contributed by atoms with van der Waals surface area (Å²) in [5.74, 6) is -0.823. The average molecular weight is 380 g/mol. The van der Waals surface area contributed by atoms with Crippen LogP contribution in [0.25, 0.3) is 11.1 Å². The summed E-state index contributed by atoms with van der Waals surface area (Å²) in [6, 6.07) is 5.62. The third kappa shape index (κ3) is 2.93. The van der Waals surface area contributed by atoms with Gasteiger partial charge in [0.1, 0.15) is 23.0 Å². The minimum Gasteiger partial charge on any atom is -0.451 e. The maximum atomic E-state index is 12.7. The van der Waals surface area contributed by atoms with Gasteiger partial charge >= 0.3 is 5.97 Å². The Morgan fingerprint density at radius 2 is 2.00 bits per heavy atom. The van der Waals surface area contributed by atoms with Crippen molar-refractivity contribution in [3.63, 3.8) is 0 Å². The molecule has 1 unspecified atom stereocenters. The Labute approximate surface area is 160 Å². The molecule has 28 heavy (non-hydrogen) atoms. The number of benzene rings is 1. The summed E-state index contributed by atoms with van der Waals surface area (Å²) in [5, 5.41) is 0.0599. The fourth-order valence-electron chi connectivity index (χ4n) is 3.67. The first-order valence-corrected chi connectivity index (χ1v) is 9.18. The topological polar surface area (TPSA) is 91.4 Å². The molecular weight excluding hydrogens is 360 g/mol. The molecule has 3 aromatic rings. The van der Waals surface area contributed by atoms with Crippen molar-refractivity contribution < 1.29 is 18.7 Å². The van der Waals surface area contributed by atoms with E-state index in [1.54, 1.807) is 13.0 Å². The molecule has 7 heteroatoms. The van der Waals surface area contributed by atoms with Crippen LogP contribution in [-0.2, 0) is 24.6 Å². The van der Waals surface area contributed by atoms with Crippen LogP contribution in [0.4, 0.5) is 0 Å².